The van der Waals surface area contributed by atoms with Gasteiger partial charge < -0.3 is 4.42 Å². The van der Waals surface area contributed by atoms with Crippen molar-refractivity contribution in [2.24, 2.45) is 5.10 Å². The Bertz CT molecular complexity index is 632. The number of hydrazone groups is 1. The van der Waals surface area contributed by atoms with E-state index in [2.05, 4.69) is 33.1 Å². The molecule has 1 N–H and O–H groups in total. The molecule has 0 atom stereocenters. The summed E-state index contributed by atoms with van der Waals surface area (Å²) in [6.45, 7) is 3.56. The van der Waals surface area contributed by atoms with Gasteiger partial charge in [0.15, 0.2) is 0 Å². The van der Waals surface area contributed by atoms with Gasteiger partial charge in [-0.15, -0.1) is 0 Å². The molecule has 98 valence electrons. The smallest absolute Gasteiger partial charge is 0.274 e. The third-order valence-electron chi connectivity index (χ3n) is 2.56. The fourth-order valence-electron chi connectivity index (χ4n) is 1.66. The molecule has 1 aromatic carbocycles. The van der Waals surface area contributed by atoms with Crippen molar-refractivity contribution in [3.63, 3.8) is 0 Å². The van der Waals surface area contributed by atoms with Crippen LogP contribution in [0.15, 0.2) is 39.9 Å². The van der Waals surface area contributed by atoms with Crippen LogP contribution in [0.2, 0.25) is 0 Å². The Morgan fingerprint density at radius 1 is 1.37 bits per heavy atom. The molecule has 1 heterocycles. The molecular formula is C14H13IN2O2. The Balaban J connectivity index is 2.05. The zero-order valence-electron chi connectivity index (χ0n) is 10.6. The van der Waals surface area contributed by atoms with Gasteiger partial charge in [0.1, 0.15) is 11.5 Å². The normalized spacial score (nSPS) is 10.9. The number of nitrogens with one attached hydrogen (secondary N) is 1. The summed E-state index contributed by atoms with van der Waals surface area (Å²) in [6.07, 6.45) is 1.63. The molecule has 0 spiro atoms. The van der Waals surface area contributed by atoms with Gasteiger partial charge in [0, 0.05) is 9.13 Å². The van der Waals surface area contributed by atoms with Crippen molar-refractivity contribution in [2.45, 2.75) is 13.8 Å². The van der Waals surface area contributed by atoms with Gasteiger partial charge in [0.2, 0.25) is 0 Å². The highest BCUT2D eigenvalue weighted by atomic mass is 127. The van der Waals surface area contributed by atoms with E-state index < -0.39 is 0 Å². The Kier molecular flexibility index (Phi) is 4.36. The molecule has 2 rings (SSSR count). The Hall–Kier alpha value is -1.63. The molecule has 0 saturated carbocycles. The van der Waals surface area contributed by atoms with E-state index in [0.717, 1.165) is 9.13 Å². The molecule has 0 fully saturated rings. The van der Waals surface area contributed by atoms with Gasteiger partial charge in [-0.2, -0.15) is 5.10 Å². The summed E-state index contributed by atoms with van der Waals surface area (Å²) in [7, 11) is 0. The van der Waals surface area contributed by atoms with Crippen molar-refractivity contribution in [1.82, 2.24) is 5.43 Å². The lowest BCUT2D eigenvalue weighted by molar-refractivity contribution is 0.0953. The van der Waals surface area contributed by atoms with Crippen LogP contribution in [0.3, 0.4) is 0 Å². The minimum absolute atomic E-state index is 0.267. The number of aryl methyl sites for hydroxylation is 2. The summed E-state index contributed by atoms with van der Waals surface area (Å²) in [5, 5.41) is 3.96. The fourth-order valence-corrected chi connectivity index (χ4v) is 2.18. The quantitative estimate of drug-likeness (QED) is 0.514. The van der Waals surface area contributed by atoms with Crippen molar-refractivity contribution >= 4 is 34.7 Å². The first kappa shape index (κ1) is 13.8. The van der Waals surface area contributed by atoms with Crippen LogP contribution in [0.25, 0.3) is 0 Å². The number of benzene rings is 1. The van der Waals surface area contributed by atoms with Crippen molar-refractivity contribution < 1.29 is 9.21 Å². The summed E-state index contributed by atoms with van der Waals surface area (Å²) in [6, 6.07) is 9.49. The molecule has 0 aliphatic heterocycles. The van der Waals surface area contributed by atoms with Crippen molar-refractivity contribution in [2.75, 3.05) is 0 Å². The van der Waals surface area contributed by atoms with Gasteiger partial charge in [-0.1, -0.05) is 18.2 Å². The molecular weight excluding hydrogens is 355 g/mol. The number of carbonyl (C=O) groups is 1. The van der Waals surface area contributed by atoms with E-state index in [-0.39, 0.29) is 5.91 Å². The van der Waals surface area contributed by atoms with E-state index in [1.165, 1.54) is 0 Å². The van der Waals surface area contributed by atoms with Gasteiger partial charge >= 0.3 is 0 Å². The van der Waals surface area contributed by atoms with Crippen LogP contribution < -0.4 is 5.43 Å². The van der Waals surface area contributed by atoms with E-state index >= 15 is 0 Å². The zero-order valence-corrected chi connectivity index (χ0v) is 12.8. The molecule has 0 bridgehead atoms. The molecule has 1 aromatic heterocycles. The second-order valence-electron chi connectivity index (χ2n) is 4.05. The van der Waals surface area contributed by atoms with Crippen molar-refractivity contribution in [3.05, 3.63) is 56.5 Å². The predicted molar refractivity (Wildman–Crippen MR) is 82.4 cm³/mol. The monoisotopic (exact) mass is 368 g/mol. The summed E-state index contributed by atoms with van der Waals surface area (Å²) in [5.74, 6) is 1.04. The average Bonchev–Trinajstić information content (AvgIpc) is 2.71. The van der Waals surface area contributed by atoms with Crippen LogP contribution in [-0.4, -0.2) is 12.1 Å². The molecule has 2 aromatic rings. The van der Waals surface area contributed by atoms with Crippen molar-refractivity contribution in [1.29, 1.82) is 0 Å². The number of nitrogens with zero attached hydrogens (tertiary/aromatic N) is 1. The topological polar surface area (TPSA) is 54.6 Å². The first-order chi connectivity index (χ1) is 9.08. The van der Waals surface area contributed by atoms with Gasteiger partial charge in [-0.3, -0.25) is 4.79 Å². The maximum atomic E-state index is 11.9. The average molecular weight is 368 g/mol. The highest BCUT2D eigenvalue weighted by Gasteiger charge is 2.12. The first-order valence-corrected chi connectivity index (χ1v) is 6.81. The number of carbonyl (C=O) groups excluding carboxylic acids is 1. The van der Waals surface area contributed by atoms with Gasteiger partial charge in [-0.05, 0) is 48.6 Å². The number of hydrogen-bond acceptors (Lipinski definition) is 3. The fraction of sp³-hybridized carbons (Fsp3) is 0.143. The van der Waals surface area contributed by atoms with E-state index in [1.807, 2.05) is 24.3 Å². The highest BCUT2D eigenvalue weighted by Crippen LogP contribution is 2.13. The number of halogens is 1. The van der Waals surface area contributed by atoms with Crippen LogP contribution in [0.1, 0.15) is 27.4 Å². The summed E-state index contributed by atoms with van der Waals surface area (Å²) in [5.41, 5.74) is 3.97. The summed E-state index contributed by atoms with van der Waals surface area (Å²) in [4.78, 5) is 11.9. The molecule has 5 heteroatoms. The minimum Gasteiger partial charge on any atom is -0.466 e. The zero-order chi connectivity index (χ0) is 13.8. The predicted octanol–water partition coefficient (Wildman–Crippen LogP) is 3.26. The van der Waals surface area contributed by atoms with Crippen LogP contribution in [0.4, 0.5) is 0 Å². The van der Waals surface area contributed by atoms with E-state index in [4.69, 9.17) is 4.42 Å². The SMILES string of the molecule is Cc1cc(C(=O)N/N=C\c2ccccc2I)c(C)o1. The summed E-state index contributed by atoms with van der Waals surface area (Å²) >= 11 is 2.22. The first-order valence-electron chi connectivity index (χ1n) is 5.73. The molecule has 0 unspecified atom stereocenters. The van der Waals surface area contributed by atoms with Gasteiger partial charge in [0.25, 0.3) is 5.91 Å². The summed E-state index contributed by atoms with van der Waals surface area (Å²) < 4.78 is 6.38. The largest absolute Gasteiger partial charge is 0.466 e. The number of rotatable bonds is 3. The standard InChI is InChI=1S/C14H13IN2O2/c1-9-7-12(10(2)19-9)14(18)17-16-8-11-5-3-4-6-13(11)15/h3-8H,1-2H3,(H,17,18)/b16-8-. The van der Waals surface area contributed by atoms with Crippen LogP contribution >= 0.6 is 22.6 Å². The molecule has 0 aliphatic rings. The lowest BCUT2D eigenvalue weighted by Crippen LogP contribution is -2.17. The van der Waals surface area contributed by atoms with Crippen molar-refractivity contribution in [3.8, 4) is 0 Å². The molecule has 1 amide bonds. The van der Waals surface area contributed by atoms with Crippen LogP contribution in [-0.2, 0) is 0 Å². The third-order valence-corrected chi connectivity index (χ3v) is 3.54. The molecule has 4 nitrogen and oxygen atoms in total. The molecule has 19 heavy (non-hydrogen) atoms. The van der Waals surface area contributed by atoms with Gasteiger partial charge in [-0.25, -0.2) is 5.43 Å². The Morgan fingerprint density at radius 3 is 2.74 bits per heavy atom. The number of hydrogen-bond donors (Lipinski definition) is 1. The Labute approximate surface area is 125 Å². The molecule has 0 radical (unpaired) electrons. The highest BCUT2D eigenvalue weighted by molar-refractivity contribution is 14.1. The molecule has 0 aliphatic carbocycles. The maximum Gasteiger partial charge on any atom is 0.274 e. The lowest BCUT2D eigenvalue weighted by atomic mass is 10.2. The second-order valence-corrected chi connectivity index (χ2v) is 5.21. The lowest BCUT2D eigenvalue weighted by Gasteiger charge is -1.98. The second kappa shape index (κ2) is 6.01. The Morgan fingerprint density at radius 2 is 2.11 bits per heavy atom. The number of amides is 1. The van der Waals surface area contributed by atoms with E-state index in [0.29, 0.717) is 17.1 Å². The van der Waals surface area contributed by atoms with Gasteiger partial charge in [0.05, 0.1) is 11.8 Å². The maximum absolute atomic E-state index is 11.9. The van der Waals surface area contributed by atoms with Crippen LogP contribution in [0.5, 0.6) is 0 Å². The van der Waals surface area contributed by atoms with Crippen LogP contribution in [0, 0.1) is 17.4 Å². The van der Waals surface area contributed by atoms with E-state index in [1.54, 1.807) is 26.1 Å². The number of furan rings is 1. The molecule has 0 saturated heterocycles. The van der Waals surface area contributed by atoms with E-state index in [9.17, 15) is 4.79 Å². The third kappa shape index (κ3) is 3.44. The minimum atomic E-state index is -0.267.